The summed E-state index contributed by atoms with van der Waals surface area (Å²) in [7, 11) is 0. The van der Waals surface area contributed by atoms with Crippen LogP contribution in [0.4, 0.5) is 23.1 Å². The van der Waals surface area contributed by atoms with Gasteiger partial charge in [-0.25, -0.2) is 15.0 Å². The molecule has 7 heteroatoms. The van der Waals surface area contributed by atoms with E-state index in [1.165, 1.54) is 0 Å². The fraction of sp³-hybridized carbons (Fsp3) is 0.250. The minimum Gasteiger partial charge on any atom is -0.353 e. The van der Waals surface area contributed by atoms with Gasteiger partial charge in [-0.15, -0.1) is 0 Å². The highest BCUT2D eigenvalue weighted by Crippen LogP contribution is 2.25. The first-order valence-corrected chi connectivity index (χ1v) is 9.33. The van der Waals surface area contributed by atoms with Crippen molar-refractivity contribution in [1.82, 2.24) is 15.0 Å². The van der Waals surface area contributed by atoms with Crippen LogP contribution in [-0.2, 0) is 0 Å². The van der Waals surface area contributed by atoms with Gasteiger partial charge in [0.25, 0.3) is 0 Å². The molecule has 4 rings (SSSR count). The van der Waals surface area contributed by atoms with E-state index in [0.29, 0.717) is 5.02 Å². The Morgan fingerprint density at radius 2 is 1.67 bits per heavy atom. The monoisotopic (exact) mass is 380 g/mol. The molecule has 0 aliphatic carbocycles. The molecule has 3 aromatic rings. The lowest BCUT2D eigenvalue weighted by Gasteiger charge is -2.36. The topological polar surface area (TPSA) is 57.2 Å². The third-order valence-corrected chi connectivity index (χ3v) is 4.93. The molecule has 6 nitrogen and oxygen atoms in total. The van der Waals surface area contributed by atoms with E-state index < -0.39 is 0 Å². The van der Waals surface area contributed by atoms with E-state index in [9.17, 15) is 0 Å². The van der Waals surface area contributed by atoms with Gasteiger partial charge in [-0.2, -0.15) is 0 Å². The summed E-state index contributed by atoms with van der Waals surface area (Å²) < 4.78 is 0. The van der Waals surface area contributed by atoms with Gasteiger partial charge in [0.05, 0.1) is 0 Å². The summed E-state index contributed by atoms with van der Waals surface area (Å²) in [5.41, 5.74) is 2.07. The molecule has 1 aliphatic rings. The molecule has 0 unspecified atom stereocenters. The first-order chi connectivity index (χ1) is 13.2. The Labute approximate surface area is 163 Å². The zero-order valence-electron chi connectivity index (χ0n) is 15.1. The molecule has 0 saturated carbocycles. The number of aromatic nitrogens is 3. The molecule has 0 amide bonds. The molecule has 1 aliphatic heterocycles. The fourth-order valence-corrected chi connectivity index (χ4v) is 3.33. The van der Waals surface area contributed by atoms with Crippen LogP contribution in [-0.4, -0.2) is 41.1 Å². The van der Waals surface area contributed by atoms with E-state index in [1.807, 2.05) is 49.5 Å². The van der Waals surface area contributed by atoms with Crippen LogP contribution in [0.25, 0.3) is 0 Å². The number of benzene rings is 1. The lowest BCUT2D eigenvalue weighted by Crippen LogP contribution is -2.47. The summed E-state index contributed by atoms with van der Waals surface area (Å²) in [6.07, 6.45) is 3.44. The van der Waals surface area contributed by atoms with Gasteiger partial charge in [-0.1, -0.05) is 23.7 Å². The largest absolute Gasteiger partial charge is 0.353 e. The molecule has 1 saturated heterocycles. The van der Waals surface area contributed by atoms with Crippen LogP contribution < -0.4 is 15.1 Å². The minimum atomic E-state index is 0.697. The molecule has 2 aromatic heterocycles. The Kier molecular flexibility index (Phi) is 5.07. The molecule has 138 valence electrons. The summed E-state index contributed by atoms with van der Waals surface area (Å²) in [6, 6.07) is 13.8. The van der Waals surface area contributed by atoms with E-state index in [0.717, 1.165) is 54.9 Å². The van der Waals surface area contributed by atoms with Gasteiger partial charge in [-0.3, -0.25) is 0 Å². The second-order valence-electron chi connectivity index (χ2n) is 6.51. The highest BCUT2D eigenvalue weighted by Gasteiger charge is 2.19. The number of hydrogen-bond acceptors (Lipinski definition) is 6. The van der Waals surface area contributed by atoms with E-state index in [-0.39, 0.29) is 0 Å². The summed E-state index contributed by atoms with van der Waals surface area (Å²) >= 11 is 6.11. The molecule has 0 bridgehead atoms. The van der Waals surface area contributed by atoms with Gasteiger partial charge >= 0.3 is 0 Å². The fourth-order valence-electron chi connectivity index (χ4n) is 3.16. The van der Waals surface area contributed by atoms with Gasteiger partial charge < -0.3 is 15.1 Å². The Morgan fingerprint density at radius 3 is 2.41 bits per heavy atom. The van der Waals surface area contributed by atoms with Gasteiger partial charge in [0.2, 0.25) is 0 Å². The quantitative estimate of drug-likeness (QED) is 0.740. The summed E-state index contributed by atoms with van der Waals surface area (Å²) in [4.78, 5) is 17.8. The van der Waals surface area contributed by atoms with Crippen molar-refractivity contribution >= 4 is 34.7 Å². The van der Waals surface area contributed by atoms with Crippen molar-refractivity contribution in [2.75, 3.05) is 41.3 Å². The highest BCUT2D eigenvalue weighted by molar-refractivity contribution is 6.30. The standard InChI is InChI=1S/C20H21ClN6/c1-15-5-6-16(21)12-17(15)25-18-13-20(24-14-23-18)27-10-8-26(9-11-27)19-4-2-3-7-22-19/h2-7,12-14H,8-11H2,1H3,(H,23,24,25). The Bertz CT molecular complexity index is 909. The maximum atomic E-state index is 6.11. The molecule has 1 N–H and O–H groups in total. The van der Waals surface area contributed by atoms with E-state index in [1.54, 1.807) is 6.33 Å². The van der Waals surface area contributed by atoms with E-state index in [2.05, 4.69) is 36.1 Å². The van der Waals surface area contributed by atoms with Crippen LogP contribution in [0.3, 0.4) is 0 Å². The van der Waals surface area contributed by atoms with Crippen LogP contribution in [0.5, 0.6) is 0 Å². The van der Waals surface area contributed by atoms with Crippen molar-refractivity contribution in [1.29, 1.82) is 0 Å². The van der Waals surface area contributed by atoms with Gasteiger partial charge in [0.1, 0.15) is 23.8 Å². The maximum Gasteiger partial charge on any atom is 0.135 e. The number of nitrogens with zero attached hydrogens (tertiary/aromatic N) is 5. The number of halogens is 1. The Balaban J connectivity index is 1.45. The number of nitrogens with one attached hydrogen (secondary N) is 1. The van der Waals surface area contributed by atoms with Crippen molar-refractivity contribution in [3.8, 4) is 0 Å². The normalized spacial score (nSPS) is 14.3. The predicted octanol–water partition coefficient (Wildman–Crippen LogP) is 3.90. The molecule has 1 aromatic carbocycles. The average molecular weight is 381 g/mol. The number of pyridine rings is 1. The lowest BCUT2D eigenvalue weighted by molar-refractivity contribution is 0.641. The van der Waals surface area contributed by atoms with Crippen molar-refractivity contribution in [2.24, 2.45) is 0 Å². The molecular weight excluding hydrogens is 360 g/mol. The zero-order valence-corrected chi connectivity index (χ0v) is 15.9. The SMILES string of the molecule is Cc1ccc(Cl)cc1Nc1cc(N2CCN(c3ccccn3)CC2)ncn1. The first kappa shape index (κ1) is 17.5. The van der Waals surface area contributed by atoms with Crippen LogP contribution in [0.2, 0.25) is 5.02 Å². The average Bonchev–Trinajstić information content (AvgIpc) is 2.72. The molecule has 27 heavy (non-hydrogen) atoms. The molecule has 0 atom stereocenters. The first-order valence-electron chi connectivity index (χ1n) is 8.95. The molecule has 0 radical (unpaired) electrons. The molecule has 3 heterocycles. The highest BCUT2D eigenvalue weighted by atomic mass is 35.5. The van der Waals surface area contributed by atoms with Crippen LogP contribution in [0.1, 0.15) is 5.56 Å². The van der Waals surface area contributed by atoms with Gasteiger partial charge in [0, 0.05) is 49.2 Å². The van der Waals surface area contributed by atoms with Crippen LogP contribution >= 0.6 is 11.6 Å². The zero-order chi connectivity index (χ0) is 18.6. The van der Waals surface area contributed by atoms with Crippen LogP contribution in [0, 0.1) is 6.92 Å². The Morgan fingerprint density at radius 1 is 0.889 bits per heavy atom. The summed E-state index contributed by atoms with van der Waals surface area (Å²) in [5.74, 6) is 2.71. The number of piperazine rings is 1. The molecule has 1 fully saturated rings. The minimum absolute atomic E-state index is 0.697. The van der Waals surface area contributed by atoms with Crippen molar-refractivity contribution in [2.45, 2.75) is 6.92 Å². The van der Waals surface area contributed by atoms with Crippen molar-refractivity contribution < 1.29 is 0 Å². The Hall–Kier alpha value is -2.86. The van der Waals surface area contributed by atoms with E-state index >= 15 is 0 Å². The van der Waals surface area contributed by atoms with Crippen LogP contribution in [0.15, 0.2) is 55.0 Å². The number of anilines is 4. The summed E-state index contributed by atoms with van der Waals surface area (Å²) in [5, 5.41) is 4.04. The van der Waals surface area contributed by atoms with Gasteiger partial charge in [0.15, 0.2) is 0 Å². The molecule has 0 spiro atoms. The number of rotatable bonds is 4. The lowest BCUT2D eigenvalue weighted by atomic mass is 10.2. The third-order valence-electron chi connectivity index (χ3n) is 4.69. The predicted molar refractivity (Wildman–Crippen MR) is 110 cm³/mol. The second-order valence-corrected chi connectivity index (χ2v) is 6.94. The number of hydrogen-bond donors (Lipinski definition) is 1. The van der Waals surface area contributed by atoms with Crippen molar-refractivity contribution in [3.63, 3.8) is 0 Å². The third kappa shape index (κ3) is 4.11. The summed E-state index contributed by atoms with van der Waals surface area (Å²) in [6.45, 7) is 5.65. The van der Waals surface area contributed by atoms with E-state index in [4.69, 9.17) is 11.6 Å². The number of aryl methyl sites for hydroxylation is 1. The van der Waals surface area contributed by atoms with Crippen molar-refractivity contribution in [3.05, 3.63) is 65.6 Å². The maximum absolute atomic E-state index is 6.11. The van der Waals surface area contributed by atoms with Gasteiger partial charge in [-0.05, 0) is 36.8 Å². The smallest absolute Gasteiger partial charge is 0.135 e. The second kappa shape index (κ2) is 7.80. The molecular formula is C20H21ClN6.